The van der Waals surface area contributed by atoms with Gasteiger partial charge in [-0.1, -0.05) is 13.8 Å². The average molecular weight is 423 g/mol. The number of rotatable bonds is 6. The smallest absolute Gasteiger partial charge is 0.416 e. The van der Waals surface area contributed by atoms with Crippen molar-refractivity contribution in [3.63, 3.8) is 0 Å². The molecule has 1 amide bonds. The van der Waals surface area contributed by atoms with Crippen LogP contribution in [0.25, 0.3) is 0 Å². The third-order valence-electron chi connectivity index (χ3n) is 4.72. The second-order valence-electron chi connectivity index (χ2n) is 8.25. The maximum absolute atomic E-state index is 12.8. The fourth-order valence-corrected chi connectivity index (χ4v) is 3.20. The molecule has 0 radical (unpaired) electrons. The zero-order valence-corrected chi connectivity index (χ0v) is 17.0. The molecule has 2 aromatic rings. The monoisotopic (exact) mass is 423 g/mol. The van der Waals surface area contributed by atoms with Crippen molar-refractivity contribution in [3.05, 3.63) is 47.7 Å². The number of anilines is 1. The van der Waals surface area contributed by atoms with Gasteiger partial charge < -0.3 is 20.1 Å². The van der Waals surface area contributed by atoms with E-state index in [4.69, 9.17) is 9.84 Å². The van der Waals surface area contributed by atoms with E-state index in [-0.39, 0.29) is 29.6 Å². The number of nitrogens with zero attached hydrogens (tertiary/aromatic N) is 2. The van der Waals surface area contributed by atoms with Gasteiger partial charge in [-0.15, -0.1) is 0 Å². The molecule has 9 heteroatoms. The molecule has 0 spiro atoms. The quantitative estimate of drug-likeness (QED) is 0.738. The first kappa shape index (κ1) is 21.9. The molecule has 30 heavy (non-hydrogen) atoms. The lowest BCUT2D eigenvalue weighted by molar-refractivity contribution is -0.137. The average Bonchev–Trinajstić information content (AvgIpc) is 2.66. The van der Waals surface area contributed by atoms with Crippen molar-refractivity contribution in [1.29, 1.82) is 0 Å². The molecule has 2 heterocycles. The number of amides is 1. The Bertz CT molecular complexity index is 906. The Balaban J connectivity index is 1.86. The topological polar surface area (TPSA) is 74.7 Å². The molecule has 162 valence electrons. The molecule has 1 aromatic heterocycles. The number of carbonyl (C=O) groups excluding carboxylic acids is 1. The zero-order valence-electron chi connectivity index (χ0n) is 17.0. The molecule has 0 saturated carbocycles. The highest BCUT2D eigenvalue weighted by atomic mass is 19.4. The molecule has 2 N–H and O–H groups in total. The van der Waals surface area contributed by atoms with Crippen LogP contribution in [0.1, 0.15) is 36.7 Å². The van der Waals surface area contributed by atoms with Crippen molar-refractivity contribution in [2.45, 2.75) is 33.0 Å². The van der Waals surface area contributed by atoms with E-state index < -0.39 is 17.8 Å². The summed E-state index contributed by atoms with van der Waals surface area (Å²) in [6.45, 7) is 7.12. The van der Waals surface area contributed by atoms with Crippen LogP contribution < -0.4 is 15.0 Å². The molecule has 1 aliphatic heterocycles. The molecule has 1 aliphatic rings. The summed E-state index contributed by atoms with van der Waals surface area (Å²) < 4.78 is 44.0. The van der Waals surface area contributed by atoms with Gasteiger partial charge >= 0.3 is 6.18 Å². The van der Waals surface area contributed by atoms with Crippen molar-refractivity contribution in [2.75, 3.05) is 24.6 Å². The molecule has 6 nitrogen and oxygen atoms in total. The Labute approximate surface area is 172 Å². The van der Waals surface area contributed by atoms with Gasteiger partial charge in [0.1, 0.15) is 11.4 Å². The van der Waals surface area contributed by atoms with Crippen LogP contribution >= 0.6 is 0 Å². The van der Waals surface area contributed by atoms with Crippen molar-refractivity contribution in [2.24, 2.45) is 5.41 Å². The lowest BCUT2D eigenvalue weighted by Gasteiger charge is -2.47. The van der Waals surface area contributed by atoms with Crippen LogP contribution in [-0.2, 0) is 6.18 Å². The van der Waals surface area contributed by atoms with E-state index in [9.17, 15) is 18.0 Å². The number of benzene rings is 1. The third kappa shape index (κ3) is 5.02. The van der Waals surface area contributed by atoms with E-state index in [0.717, 1.165) is 25.2 Å². The minimum Gasteiger partial charge on any atom is -0.437 e. The Morgan fingerprint density at radius 1 is 1.30 bits per heavy atom. The normalized spacial score (nSPS) is 16.6. The summed E-state index contributed by atoms with van der Waals surface area (Å²) >= 11 is 0. The van der Waals surface area contributed by atoms with Crippen molar-refractivity contribution in [3.8, 4) is 11.6 Å². The number of nitrogens with one attached hydrogen (secondary N) is 1. The summed E-state index contributed by atoms with van der Waals surface area (Å²) in [4.78, 5) is 18.6. The molecule has 0 aliphatic carbocycles. The van der Waals surface area contributed by atoms with Crippen LogP contribution in [-0.4, -0.2) is 41.7 Å². The number of carbonyl (C=O) groups is 1. The van der Waals surface area contributed by atoms with Crippen LogP contribution in [0, 0.1) is 5.41 Å². The van der Waals surface area contributed by atoms with Crippen LogP contribution in [0.15, 0.2) is 36.5 Å². The number of hydrogen-bond donors (Lipinski definition) is 2. The van der Waals surface area contributed by atoms with Crippen LogP contribution in [0.2, 0.25) is 0 Å². The summed E-state index contributed by atoms with van der Waals surface area (Å²) in [5.74, 6) is 0.0332. The Hall–Kier alpha value is -2.81. The van der Waals surface area contributed by atoms with E-state index >= 15 is 0 Å². The maximum atomic E-state index is 12.8. The first-order chi connectivity index (χ1) is 14.0. The summed E-state index contributed by atoms with van der Waals surface area (Å²) in [5.41, 5.74) is 0.209. The van der Waals surface area contributed by atoms with Crippen molar-refractivity contribution in [1.82, 2.24) is 10.3 Å². The predicted octanol–water partition coefficient (Wildman–Crippen LogP) is 3.85. The molecule has 1 aromatic carbocycles. The van der Waals surface area contributed by atoms with Gasteiger partial charge in [0.15, 0.2) is 0 Å². The standard InChI is InChI=1S/C21H24F3N3O3/c1-13(10-28)26-18(29)14-8-17(27-11-20(2,3)12-27)19(25-9-14)30-16-6-4-15(5-7-16)21(22,23)24/h4-9,13,28H,10-12H2,1-3H3,(H,26,29)/t13-/m1/s1. The number of aliphatic hydroxyl groups excluding tert-OH is 1. The number of hydrogen-bond acceptors (Lipinski definition) is 5. The number of pyridine rings is 1. The van der Waals surface area contributed by atoms with E-state index in [1.165, 1.54) is 18.3 Å². The molecular formula is C21H24F3N3O3. The second-order valence-corrected chi connectivity index (χ2v) is 8.25. The minimum absolute atomic E-state index is 0.0926. The van der Waals surface area contributed by atoms with E-state index in [2.05, 4.69) is 24.1 Å². The second kappa shape index (κ2) is 8.14. The van der Waals surface area contributed by atoms with Gasteiger partial charge in [-0.25, -0.2) is 4.98 Å². The molecular weight excluding hydrogens is 399 g/mol. The SMILES string of the molecule is C[C@H](CO)NC(=O)c1cnc(Oc2ccc(C(F)(F)F)cc2)c(N2CC(C)(C)C2)c1. The summed E-state index contributed by atoms with van der Waals surface area (Å²) in [7, 11) is 0. The predicted molar refractivity (Wildman–Crippen MR) is 106 cm³/mol. The summed E-state index contributed by atoms with van der Waals surface area (Å²) in [5, 5.41) is 11.8. The van der Waals surface area contributed by atoms with E-state index in [1.54, 1.807) is 13.0 Å². The fourth-order valence-electron chi connectivity index (χ4n) is 3.20. The lowest BCUT2D eigenvalue weighted by Crippen LogP contribution is -2.53. The maximum Gasteiger partial charge on any atom is 0.416 e. The van der Waals surface area contributed by atoms with Gasteiger partial charge in [0.2, 0.25) is 5.88 Å². The van der Waals surface area contributed by atoms with E-state index in [0.29, 0.717) is 11.3 Å². The number of halogens is 3. The van der Waals surface area contributed by atoms with Gasteiger partial charge in [-0.3, -0.25) is 4.79 Å². The summed E-state index contributed by atoms with van der Waals surface area (Å²) in [6.07, 6.45) is -3.08. The van der Waals surface area contributed by atoms with Gasteiger partial charge in [0.05, 0.1) is 17.7 Å². The number of aliphatic hydroxyl groups is 1. The highest BCUT2D eigenvalue weighted by Crippen LogP contribution is 2.40. The number of aromatic nitrogens is 1. The largest absolute Gasteiger partial charge is 0.437 e. The van der Waals surface area contributed by atoms with Gasteiger partial charge in [-0.2, -0.15) is 13.2 Å². The number of ether oxygens (including phenoxy) is 1. The molecule has 1 atom stereocenters. The van der Waals surface area contributed by atoms with Crippen LogP contribution in [0.3, 0.4) is 0 Å². The highest BCUT2D eigenvalue weighted by molar-refractivity contribution is 5.95. The van der Waals surface area contributed by atoms with Crippen LogP contribution in [0.4, 0.5) is 18.9 Å². The van der Waals surface area contributed by atoms with Crippen molar-refractivity contribution >= 4 is 11.6 Å². The van der Waals surface area contributed by atoms with Gasteiger partial charge in [0, 0.05) is 25.3 Å². The van der Waals surface area contributed by atoms with Crippen LogP contribution in [0.5, 0.6) is 11.6 Å². The van der Waals surface area contributed by atoms with Crippen molar-refractivity contribution < 1.29 is 27.8 Å². The summed E-state index contributed by atoms with van der Waals surface area (Å²) in [6, 6.07) is 5.59. The zero-order chi connectivity index (χ0) is 22.1. The first-order valence-electron chi connectivity index (χ1n) is 9.50. The molecule has 0 bridgehead atoms. The number of alkyl halides is 3. The lowest BCUT2D eigenvalue weighted by atomic mass is 9.84. The molecule has 1 saturated heterocycles. The molecule has 0 unspecified atom stereocenters. The Kier molecular flexibility index (Phi) is 5.94. The molecule has 1 fully saturated rings. The van der Waals surface area contributed by atoms with E-state index in [1.807, 2.05) is 4.90 Å². The Morgan fingerprint density at radius 3 is 2.47 bits per heavy atom. The first-order valence-corrected chi connectivity index (χ1v) is 9.50. The highest BCUT2D eigenvalue weighted by Gasteiger charge is 2.36. The van der Waals surface area contributed by atoms with Gasteiger partial charge in [0.25, 0.3) is 5.91 Å². The minimum atomic E-state index is -4.42. The third-order valence-corrected chi connectivity index (χ3v) is 4.72. The molecule has 3 rings (SSSR count). The fraction of sp³-hybridized carbons (Fsp3) is 0.429. The Morgan fingerprint density at radius 2 is 1.93 bits per heavy atom. The van der Waals surface area contributed by atoms with Gasteiger partial charge in [-0.05, 0) is 42.7 Å².